The second-order valence-corrected chi connectivity index (χ2v) is 29.8. The van der Waals surface area contributed by atoms with Crippen LogP contribution >= 0.6 is 0 Å². The quantitative estimate of drug-likeness (QED) is 0.209. The van der Waals surface area contributed by atoms with Gasteiger partial charge >= 0.3 is 52.0 Å². The minimum absolute atomic E-state index is 0. The van der Waals surface area contributed by atoms with E-state index in [2.05, 4.69) is 146 Å². The maximum atomic E-state index is 2.52. The van der Waals surface area contributed by atoms with Crippen molar-refractivity contribution in [3.8, 4) is 0 Å². The normalized spacial score (nSPS) is 37.4. The maximum absolute atomic E-state index is 2.52. The molecule has 0 nitrogen and oxygen atoms in total. The average molecular weight is 1160 g/mol. The Morgan fingerprint density at radius 1 is 0.508 bits per heavy atom. The molecular weight excluding hydrogens is 1040 g/mol. The van der Waals surface area contributed by atoms with Crippen LogP contribution in [-0.4, -0.2) is 8.07 Å². The molecule has 378 valence electrons. The molecule has 7 aliphatic rings. The Hall–Kier alpha value is 0.930. The van der Waals surface area contributed by atoms with Gasteiger partial charge in [0.15, 0.2) is 0 Å². The van der Waals surface area contributed by atoms with Crippen LogP contribution in [0.15, 0.2) is 30.3 Å². The Labute approximate surface area is 455 Å². The van der Waals surface area contributed by atoms with Crippen LogP contribution in [-0.2, 0) is 52.0 Å². The smallest absolute Gasteiger partial charge is 0.358 e. The molecule has 0 aromatic heterocycles. The van der Waals surface area contributed by atoms with Gasteiger partial charge in [-0.05, 0) is 168 Å². The fourth-order valence-electron chi connectivity index (χ4n) is 14.2. The zero-order valence-electron chi connectivity index (χ0n) is 48.6. The van der Waals surface area contributed by atoms with Crippen molar-refractivity contribution in [3.63, 3.8) is 0 Å². The van der Waals surface area contributed by atoms with Gasteiger partial charge < -0.3 is 59.4 Å². The van der Waals surface area contributed by atoms with E-state index in [0.717, 1.165) is 107 Å². The van der Waals surface area contributed by atoms with Gasteiger partial charge in [0.05, 0.1) is 0 Å². The molecule has 0 heterocycles. The predicted octanol–water partition coefficient (Wildman–Crippen LogP) is 20.4. The van der Waals surface area contributed by atoms with Gasteiger partial charge in [-0.3, -0.25) is 0 Å². The number of allylic oxidation sites excluding steroid dienone is 1. The molecule has 0 bridgehead atoms. The number of fused-ring (bicyclic) bond motifs is 5. The number of hydrogen-bond acceptors (Lipinski definition) is 0. The third kappa shape index (κ3) is 19.5. The largest absolute Gasteiger partial charge is 4.00 e. The van der Waals surface area contributed by atoms with Crippen LogP contribution in [0.3, 0.4) is 0 Å². The van der Waals surface area contributed by atoms with Gasteiger partial charge in [0.1, 0.15) is 0 Å². The van der Waals surface area contributed by atoms with E-state index in [-0.39, 0.29) is 111 Å². The van der Waals surface area contributed by atoms with Crippen molar-refractivity contribution < 1.29 is 52.0 Å². The second-order valence-electron chi connectivity index (χ2n) is 24.3. The first-order valence-corrected chi connectivity index (χ1v) is 28.2. The summed E-state index contributed by atoms with van der Waals surface area (Å²) < 4.78 is 0. The van der Waals surface area contributed by atoms with E-state index in [9.17, 15) is 0 Å². The van der Waals surface area contributed by atoms with Gasteiger partial charge in [-0.15, -0.1) is 0 Å². The van der Waals surface area contributed by atoms with E-state index in [1.54, 1.807) is 50.5 Å². The molecule has 8 rings (SSSR count). The maximum Gasteiger partial charge on any atom is 4.00 e. The van der Waals surface area contributed by atoms with Gasteiger partial charge in [0, 0.05) is 8.07 Å². The van der Waals surface area contributed by atoms with Crippen molar-refractivity contribution in [2.24, 2.45) is 106 Å². The van der Waals surface area contributed by atoms with E-state index in [4.69, 9.17) is 0 Å². The fourth-order valence-corrected chi connectivity index (χ4v) is 16.3. The summed E-state index contributed by atoms with van der Waals surface area (Å²) in [6.45, 7) is 38.8. The molecule has 8 unspecified atom stereocenters. The average Bonchev–Trinajstić information content (AvgIpc) is 3.93. The third-order valence-electron chi connectivity index (χ3n) is 18.9. The first-order valence-electron chi connectivity index (χ1n) is 24.5. The standard InChI is InChI=1S/C17H24Si.C17H30.2C10H20.8CH3.Hf.Zr/c1-18(2,3)12-15-11-10-14-9-8-13-6-4-5-7-16(13)17(14)15;1-17(2,3)11-15-8-7-14-9-12-5-4-6-13(12)10-16(14)15;2*1-6-7(2)9(4)10(5)8(6)3;;;;;;;;;;/h4-9,14-15,17H,10-12H2,1-3H3;12-16H,4-11H2,1-3H3;2*6-10H,1-5H3;8*1H3;;/q;;;;8*-1;2*+4. The van der Waals surface area contributed by atoms with Gasteiger partial charge in [0.25, 0.3) is 0 Å². The fraction of sp³-hybridized carbons (Fsp3) is 0.742. The Kier molecular flexibility index (Phi) is 39.1. The van der Waals surface area contributed by atoms with Crippen LogP contribution in [0, 0.1) is 165 Å². The molecule has 0 aliphatic heterocycles. The molecule has 1 aromatic rings. The van der Waals surface area contributed by atoms with Crippen molar-refractivity contribution in [3.05, 3.63) is 101 Å². The molecule has 3 heteroatoms. The SMILES string of the molecule is CC(C)(C)CC1CCC2CC3CCCC3CC21.CC1C(C)C(C)C(C)C1C.CC1C(C)C(C)C(C)C1C.C[Si](C)(C)CC1CCC2C=Cc3ccccc3C21.[CH3-].[CH3-].[CH3-].[CH3-].[CH3-].[CH3-].[CH3-].[CH3-].[Hf+4].[Zr+4]. The van der Waals surface area contributed by atoms with Crippen LogP contribution in [0.4, 0.5) is 0 Å². The van der Waals surface area contributed by atoms with E-state index < -0.39 is 8.07 Å². The molecule has 0 amide bonds. The number of benzene rings is 1. The van der Waals surface area contributed by atoms with E-state index in [1.165, 1.54) is 30.9 Å². The summed E-state index contributed by atoms with van der Waals surface area (Å²) in [7, 11) is -0.944. The summed E-state index contributed by atoms with van der Waals surface area (Å²) in [5.41, 5.74) is 3.65. The van der Waals surface area contributed by atoms with Crippen molar-refractivity contribution in [1.29, 1.82) is 0 Å². The zero-order valence-corrected chi connectivity index (χ0v) is 55.7. The van der Waals surface area contributed by atoms with Crippen molar-refractivity contribution in [2.75, 3.05) is 0 Å². The van der Waals surface area contributed by atoms with Gasteiger partial charge in [0.2, 0.25) is 0 Å². The molecule has 6 fully saturated rings. The monoisotopic (exact) mass is 1160 g/mol. The van der Waals surface area contributed by atoms with Crippen molar-refractivity contribution in [2.45, 2.75) is 186 Å². The van der Waals surface area contributed by atoms with Gasteiger partial charge in [-0.1, -0.05) is 171 Å². The summed E-state index contributed by atoms with van der Waals surface area (Å²) in [5, 5.41) is 0. The Bertz CT molecular complexity index is 1250. The summed E-state index contributed by atoms with van der Waals surface area (Å²) in [6, 6.07) is 10.5. The summed E-state index contributed by atoms with van der Waals surface area (Å²) in [6.07, 6.45) is 20.2. The molecule has 1 aromatic carbocycles. The van der Waals surface area contributed by atoms with Crippen LogP contribution in [0.5, 0.6) is 0 Å². The van der Waals surface area contributed by atoms with Crippen LogP contribution in [0.2, 0.25) is 25.7 Å². The Balaban J connectivity index is -0.000000175. The summed E-state index contributed by atoms with van der Waals surface area (Å²) >= 11 is 0. The molecule has 8 atom stereocenters. The molecule has 6 saturated carbocycles. The number of hydrogen-bond donors (Lipinski definition) is 0. The van der Waals surface area contributed by atoms with Crippen LogP contribution in [0.25, 0.3) is 6.08 Å². The molecule has 0 N–H and O–H groups in total. The molecule has 0 spiro atoms. The Morgan fingerprint density at radius 3 is 1.32 bits per heavy atom. The first-order chi connectivity index (χ1) is 25.7. The minimum Gasteiger partial charge on any atom is -0.358 e. The topological polar surface area (TPSA) is 0 Å². The van der Waals surface area contributed by atoms with Crippen molar-refractivity contribution >= 4 is 14.1 Å². The van der Waals surface area contributed by atoms with E-state index in [1.807, 2.05) is 0 Å². The molecular formula is C62H118HfSiZr. The predicted molar refractivity (Wildman–Crippen MR) is 299 cm³/mol. The van der Waals surface area contributed by atoms with E-state index >= 15 is 0 Å². The van der Waals surface area contributed by atoms with Crippen LogP contribution < -0.4 is 0 Å². The summed E-state index contributed by atoms with van der Waals surface area (Å²) in [5.74, 6) is 17.5. The van der Waals surface area contributed by atoms with Gasteiger partial charge in [-0.25, -0.2) is 0 Å². The van der Waals surface area contributed by atoms with E-state index in [0.29, 0.717) is 5.41 Å². The molecule has 0 radical (unpaired) electrons. The number of rotatable bonds is 3. The van der Waals surface area contributed by atoms with Gasteiger partial charge in [-0.2, -0.15) is 0 Å². The Morgan fingerprint density at radius 2 is 0.908 bits per heavy atom. The third-order valence-corrected chi connectivity index (χ3v) is 20.6. The molecule has 7 aliphatic carbocycles. The van der Waals surface area contributed by atoms with Crippen molar-refractivity contribution in [1.82, 2.24) is 0 Å². The molecule has 0 saturated heterocycles. The minimum atomic E-state index is -0.944. The second kappa shape index (κ2) is 32.8. The molecule has 65 heavy (non-hydrogen) atoms. The zero-order chi connectivity index (χ0) is 40.6. The summed E-state index contributed by atoms with van der Waals surface area (Å²) in [4.78, 5) is 0. The first kappa shape index (κ1) is 77.4. The van der Waals surface area contributed by atoms with Crippen LogP contribution in [0.1, 0.15) is 171 Å².